The number of hydrogen-bond donors (Lipinski definition) is 1. The number of benzene rings is 2. The first-order valence-electron chi connectivity index (χ1n) is 13.4. The monoisotopic (exact) mass is 518 g/mol. The quantitative estimate of drug-likeness (QED) is 0.387. The summed E-state index contributed by atoms with van der Waals surface area (Å²) in [6.45, 7) is 7.08. The maximum absolute atomic E-state index is 13.7. The molecule has 8 heteroatoms. The van der Waals surface area contributed by atoms with Crippen LogP contribution in [0, 0.1) is 0 Å². The first kappa shape index (κ1) is 27.4. The average molecular weight is 519 g/mol. The number of furan rings is 1. The van der Waals surface area contributed by atoms with Gasteiger partial charge in [-0.25, -0.2) is 4.79 Å². The third-order valence-corrected chi connectivity index (χ3v) is 6.84. The zero-order chi connectivity index (χ0) is 26.6. The second kappa shape index (κ2) is 14.4. The maximum Gasteiger partial charge on any atom is 0.322 e. The molecule has 0 atom stereocenters. The lowest BCUT2D eigenvalue weighted by Gasteiger charge is -2.31. The predicted molar refractivity (Wildman–Crippen MR) is 148 cm³/mol. The van der Waals surface area contributed by atoms with Crippen LogP contribution >= 0.6 is 0 Å². The van der Waals surface area contributed by atoms with Gasteiger partial charge in [-0.1, -0.05) is 55.5 Å². The van der Waals surface area contributed by atoms with Crippen LogP contribution in [0.1, 0.15) is 23.8 Å². The van der Waals surface area contributed by atoms with Gasteiger partial charge in [0, 0.05) is 38.4 Å². The van der Waals surface area contributed by atoms with E-state index in [0.717, 1.165) is 42.7 Å². The van der Waals surface area contributed by atoms with Crippen LogP contribution in [0.4, 0.5) is 10.5 Å². The van der Waals surface area contributed by atoms with Gasteiger partial charge in [0.15, 0.2) is 0 Å². The minimum atomic E-state index is -0.270. The van der Waals surface area contributed by atoms with Gasteiger partial charge in [0.2, 0.25) is 5.91 Å². The third-order valence-electron chi connectivity index (χ3n) is 6.84. The van der Waals surface area contributed by atoms with Gasteiger partial charge in [-0.3, -0.25) is 9.69 Å². The highest BCUT2D eigenvalue weighted by molar-refractivity contribution is 5.93. The van der Waals surface area contributed by atoms with Crippen molar-refractivity contribution in [1.82, 2.24) is 14.7 Å². The Kier molecular flexibility index (Phi) is 10.4. The fourth-order valence-corrected chi connectivity index (χ4v) is 4.54. The molecule has 1 aliphatic heterocycles. The summed E-state index contributed by atoms with van der Waals surface area (Å²) in [5.41, 5.74) is 2.99. The summed E-state index contributed by atoms with van der Waals surface area (Å²) in [5.74, 6) is 0.603. The molecule has 1 fully saturated rings. The van der Waals surface area contributed by atoms with Gasteiger partial charge in [-0.15, -0.1) is 0 Å². The van der Waals surface area contributed by atoms with Crippen LogP contribution in [0.3, 0.4) is 0 Å². The van der Waals surface area contributed by atoms with E-state index in [1.807, 2.05) is 54.6 Å². The number of para-hydroxylation sites is 1. The molecule has 1 saturated heterocycles. The molecule has 0 spiro atoms. The van der Waals surface area contributed by atoms with Crippen molar-refractivity contribution in [3.8, 4) is 0 Å². The zero-order valence-corrected chi connectivity index (χ0v) is 22.2. The molecular formula is C30H38N4O4. The number of urea groups is 1. The smallest absolute Gasteiger partial charge is 0.322 e. The molecule has 2 aromatic carbocycles. The first-order valence-corrected chi connectivity index (χ1v) is 13.4. The molecule has 3 aromatic rings. The summed E-state index contributed by atoms with van der Waals surface area (Å²) in [5, 5.41) is 3.05. The van der Waals surface area contributed by atoms with E-state index < -0.39 is 0 Å². The number of ether oxygens (including phenoxy) is 1. The SMILES string of the molecule is CCc1ccccc1NC(=O)N(CCN1CCOCC1)CC(=O)N(CCc1ccccc1)Cc1ccco1. The molecule has 202 valence electrons. The van der Waals surface area contributed by atoms with Gasteiger partial charge in [0.1, 0.15) is 12.3 Å². The molecule has 0 radical (unpaired) electrons. The molecule has 2 heterocycles. The standard InChI is InChI=1S/C30H38N4O4/c1-2-26-11-6-7-13-28(26)31-30(36)34(17-16-32-18-21-37-22-19-32)24-29(35)33(23-27-12-8-20-38-27)15-14-25-9-4-3-5-10-25/h3-13,20H,2,14-19,21-24H2,1H3,(H,31,36). The second-order valence-corrected chi connectivity index (χ2v) is 9.45. The molecular weight excluding hydrogens is 480 g/mol. The van der Waals surface area contributed by atoms with Crippen LogP contribution < -0.4 is 5.32 Å². The molecule has 4 rings (SSSR count). The van der Waals surface area contributed by atoms with E-state index in [-0.39, 0.29) is 18.5 Å². The Hall–Kier alpha value is -3.62. The Bertz CT molecular complexity index is 1130. The van der Waals surface area contributed by atoms with Crippen LogP contribution in [-0.4, -0.2) is 79.1 Å². The van der Waals surface area contributed by atoms with Crippen molar-refractivity contribution >= 4 is 17.6 Å². The van der Waals surface area contributed by atoms with Crippen LogP contribution in [-0.2, 0) is 28.9 Å². The molecule has 1 aromatic heterocycles. The van der Waals surface area contributed by atoms with Crippen molar-refractivity contribution in [2.75, 3.05) is 57.8 Å². The highest BCUT2D eigenvalue weighted by atomic mass is 16.5. The number of carbonyl (C=O) groups is 2. The first-order chi connectivity index (χ1) is 18.6. The molecule has 0 saturated carbocycles. The third kappa shape index (κ3) is 8.19. The number of carbonyl (C=O) groups excluding carboxylic acids is 2. The van der Waals surface area contributed by atoms with Crippen molar-refractivity contribution in [1.29, 1.82) is 0 Å². The Balaban J connectivity index is 1.47. The fourth-order valence-electron chi connectivity index (χ4n) is 4.54. The molecule has 0 unspecified atom stereocenters. The largest absolute Gasteiger partial charge is 0.467 e. The highest BCUT2D eigenvalue weighted by Crippen LogP contribution is 2.17. The number of aryl methyl sites for hydroxylation is 1. The summed E-state index contributed by atoms with van der Waals surface area (Å²) in [7, 11) is 0. The molecule has 8 nitrogen and oxygen atoms in total. The van der Waals surface area contributed by atoms with Gasteiger partial charge in [-0.2, -0.15) is 0 Å². The molecule has 1 N–H and O–H groups in total. The molecule has 3 amide bonds. The number of nitrogens with one attached hydrogen (secondary N) is 1. The van der Waals surface area contributed by atoms with Crippen LogP contribution in [0.2, 0.25) is 0 Å². The number of morpholine rings is 1. The average Bonchev–Trinajstić information content (AvgIpc) is 3.48. The summed E-state index contributed by atoms with van der Waals surface area (Å²) >= 11 is 0. The van der Waals surface area contributed by atoms with Gasteiger partial charge in [0.25, 0.3) is 0 Å². The van der Waals surface area contributed by atoms with Crippen LogP contribution in [0.25, 0.3) is 0 Å². The van der Waals surface area contributed by atoms with E-state index in [1.54, 1.807) is 16.1 Å². The van der Waals surface area contributed by atoms with Crippen molar-refractivity contribution < 1.29 is 18.7 Å². The summed E-state index contributed by atoms with van der Waals surface area (Å²) in [6.07, 6.45) is 3.14. The summed E-state index contributed by atoms with van der Waals surface area (Å²) in [4.78, 5) is 32.8. The second-order valence-electron chi connectivity index (χ2n) is 9.45. The summed E-state index contributed by atoms with van der Waals surface area (Å²) < 4.78 is 11.0. The lowest BCUT2D eigenvalue weighted by molar-refractivity contribution is -0.132. The Morgan fingerprint density at radius 1 is 0.921 bits per heavy atom. The number of nitrogens with zero attached hydrogens (tertiary/aromatic N) is 3. The number of hydrogen-bond acceptors (Lipinski definition) is 5. The van der Waals surface area contributed by atoms with E-state index in [4.69, 9.17) is 9.15 Å². The van der Waals surface area contributed by atoms with Crippen molar-refractivity contribution in [2.24, 2.45) is 0 Å². The lowest BCUT2D eigenvalue weighted by atomic mass is 10.1. The maximum atomic E-state index is 13.7. The normalized spacial score (nSPS) is 13.7. The molecule has 0 aliphatic carbocycles. The van der Waals surface area contributed by atoms with E-state index in [9.17, 15) is 9.59 Å². The van der Waals surface area contributed by atoms with Gasteiger partial charge < -0.3 is 24.3 Å². The minimum absolute atomic E-state index is 0.0139. The van der Waals surface area contributed by atoms with E-state index in [0.29, 0.717) is 45.2 Å². The topological polar surface area (TPSA) is 78.3 Å². The number of anilines is 1. The zero-order valence-electron chi connectivity index (χ0n) is 22.2. The number of amides is 3. The lowest BCUT2D eigenvalue weighted by Crippen LogP contribution is -2.48. The van der Waals surface area contributed by atoms with Gasteiger partial charge in [0.05, 0.1) is 26.0 Å². The minimum Gasteiger partial charge on any atom is -0.467 e. The van der Waals surface area contributed by atoms with E-state index in [2.05, 4.69) is 29.3 Å². The van der Waals surface area contributed by atoms with Gasteiger partial charge >= 0.3 is 6.03 Å². The Morgan fingerprint density at radius 3 is 2.42 bits per heavy atom. The van der Waals surface area contributed by atoms with Crippen LogP contribution in [0.15, 0.2) is 77.4 Å². The number of rotatable bonds is 12. The predicted octanol–water partition coefficient (Wildman–Crippen LogP) is 4.28. The highest BCUT2D eigenvalue weighted by Gasteiger charge is 2.24. The summed E-state index contributed by atoms with van der Waals surface area (Å²) in [6, 6.07) is 21.3. The van der Waals surface area contributed by atoms with Crippen LogP contribution in [0.5, 0.6) is 0 Å². The van der Waals surface area contributed by atoms with E-state index >= 15 is 0 Å². The van der Waals surface area contributed by atoms with Crippen molar-refractivity contribution in [3.63, 3.8) is 0 Å². The Labute approximate surface area is 225 Å². The van der Waals surface area contributed by atoms with Crippen molar-refractivity contribution in [3.05, 3.63) is 89.9 Å². The molecule has 38 heavy (non-hydrogen) atoms. The molecule has 0 bridgehead atoms. The van der Waals surface area contributed by atoms with Crippen molar-refractivity contribution in [2.45, 2.75) is 26.3 Å². The fraction of sp³-hybridized carbons (Fsp3) is 0.400. The Morgan fingerprint density at radius 2 is 1.68 bits per heavy atom. The van der Waals surface area contributed by atoms with Gasteiger partial charge in [-0.05, 0) is 42.2 Å². The molecule has 1 aliphatic rings. The van der Waals surface area contributed by atoms with E-state index in [1.165, 1.54) is 0 Å².